The number of nitrogens with zero attached hydrogens (tertiary/aromatic N) is 1. The standard InChI is InChI=1S/C21H24ClFN2O2S/c1-3-19(21(27)24-2)25(12-15-7-9-18(23)10-8-15)20(26)14-28-13-16-5-4-6-17(22)11-16/h4-11,19H,3,12-14H2,1-2H3,(H,24,27). The monoisotopic (exact) mass is 422 g/mol. The van der Waals surface area contributed by atoms with Gasteiger partial charge >= 0.3 is 0 Å². The van der Waals surface area contributed by atoms with Crippen LogP contribution in [0.1, 0.15) is 24.5 Å². The van der Waals surface area contributed by atoms with E-state index in [0.717, 1.165) is 11.1 Å². The molecule has 28 heavy (non-hydrogen) atoms. The van der Waals surface area contributed by atoms with Crippen molar-refractivity contribution < 1.29 is 14.0 Å². The second-order valence-electron chi connectivity index (χ2n) is 6.31. The van der Waals surface area contributed by atoms with Crippen LogP contribution in [-0.4, -0.2) is 35.6 Å². The van der Waals surface area contributed by atoms with E-state index >= 15 is 0 Å². The van der Waals surface area contributed by atoms with Crippen molar-refractivity contribution in [3.05, 3.63) is 70.5 Å². The summed E-state index contributed by atoms with van der Waals surface area (Å²) in [5.74, 6) is 0.205. The summed E-state index contributed by atoms with van der Waals surface area (Å²) in [6.07, 6.45) is 0.492. The molecule has 1 N–H and O–H groups in total. The molecule has 7 heteroatoms. The molecule has 0 aliphatic carbocycles. The number of halogens is 2. The van der Waals surface area contributed by atoms with Crippen molar-refractivity contribution in [2.24, 2.45) is 0 Å². The van der Waals surface area contributed by atoms with E-state index in [4.69, 9.17) is 11.6 Å². The number of hydrogen-bond acceptors (Lipinski definition) is 3. The summed E-state index contributed by atoms with van der Waals surface area (Å²) in [6.45, 7) is 2.12. The Morgan fingerprint density at radius 2 is 1.89 bits per heavy atom. The third-order valence-corrected chi connectivity index (χ3v) is 5.51. The summed E-state index contributed by atoms with van der Waals surface area (Å²) < 4.78 is 13.2. The maximum Gasteiger partial charge on any atom is 0.242 e. The Morgan fingerprint density at radius 3 is 2.50 bits per heavy atom. The Kier molecular flexibility index (Phi) is 8.80. The number of carbonyl (C=O) groups excluding carboxylic acids is 2. The quantitative estimate of drug-likeness (QED) is 0.656. The first-order chi connectivity index (χ1) is 13.4. The zero-order chi connectivity index (χ0) is 20.5. The first-order valence-corrected chi connectivity index (χ1v) is 10.6. The summed E-state index contributed by atoms with van der Waals surface area (Å²) in [5.41, 5.74) is 1.81. The number of amides is 2. The molecule has 0 aromatic heterocycles. The van der Waals surface area contributed by atoms with E-state index in [1.807, 2.05) is 25.1 Å². The number of carbonyl (C=O) groups is 2. The third-order valence-electron chi connectivity index (χ3n) is 4.28. The molecule has 0 fully saturated rings. The molecular formula is C21H24ClFN2O2S. The number of likely N-dealkylation sites (N-methyl/N-ethyl adjacent to an activating group) is 1. The summed E-state index contributed by atoms with van der Waals surface area (Å²) in [5, 5.41) is 3.28. The molecule has 2 amide bonds. The van der Waals surface area contributed by atoms with E-state index in [0.29, 0.717) is 17.2 Å². The number of hydrogen-bond donors (Lipinski definition) is 1. The van der Waals surface area contributed by atoms with Gasteiger partial charge in [-0.2, -0.15) is 0 Å². The van der Waals surface area contributed by atoms with Gasteiger partial charge in [-0.25, -0.2) is 4.39 Å². The van der Waals surface area contributed by atoms with Gasteiger partial charge in [0.15, 0.2) is 0 Å². The zero-order valence-corrected chi connectivity index (χ0v) is 17.5. The Balaban J connectivity index is 2.08. The summed E-state index contributed by atoms with van der Waals surface area (Å²) in [4.78, 5) is 26.8. The Labute approximate surface area is 174 Å². The molecule has 150 valence electrons. The SMILES string of the molecule is CCC(C(=O)NC)N(Cc1ccc(F)cc1)C(=O)CSCc1cccc(Cl)c1. The number of rotatable bonds is 9. The van der Waals surface area contributed by atoms with Crippen LogP contribution in [0.3, 0.4) is 0 Å². The van der Waals surface area contributed by atoms with Crippen LogP contribution >= 0.6 is 23.4 Å². The molecule has 1 atom stereocenters. The molecule has 4 nitrogen and oxygen atoms in total. The summed E-state index contributed by atoms with van der Waals surface area (Å²) in [6, 6.07) is 12.9. The molecule has 0 saturated carbocycles. The second-order valence-corrected chi connectivity index (χ2v) is 7.73. The third kappa shape index (κ3) is 6.53. The van der Waals surface area contributed by atoms with Gasteiger partial charge < -0.3 is 10.2 Å². The molecule has 1 unspecified atom stereocenters. The fourth-order valence-corrected chi connectivity index (χ4v) is 3.91. The van der Waals surface area contributed by atoms with Gasteiger partial charge in [0.25, 0.3) is 0 Å². The van der Waals surface area contributed by atoms with Crippen LogP contribution in [0.25, 0.3) is 0 Å². The normalized spacial score (nSPS) is 11.7. The lowest BCUT2D eigenvalue weighted by molar-refractivity contribution is -0.139. The highest BCUT2D eigenvalue weighted by Gasteiger charge is 2.27. The minimum Gasteiger partial charge on any atom is -0.357 e. The number of nitrogens with one attached hydrogen (secondary N) is 1. The zero-order valence-electron chi connectivity index (χ0n) is 16.0. The van der Waals surface area contributed by atoms with Gasteiger partial charge in [0.05, 0.1) is 5.75 Å². The second kappa shape index (κ2) is 11.1. The molecular weight excluding hydrogens is 399 g/mol. The van der Waals surface area contributed by atoms with Crippen LogP contribution in [0, 0.1) is 5.82 Å². The van der Waals surface area contributed by atoms with Crippen molar-refractivity contribution in [1.82, 2.24) is 10.2 Å². The fourth-order valence-electron chi connectivity index (χ4n) is 2.84. The summed E-state index contributed by atoms with van der Waals surface area (Å²) >= 11 is 7.46. The molecule has 0 bridgehead atoms. The van der Waals surface area contributed by atoms with Crippen LogP contribution < -0.4 is 5.32 Å². The molecule has 0 aliphatic heterocycles. The van der Waals surface area contributed by atoms with Gasteiger partial charge in [-0.1, -0.05) is 42.8 Å². The van der Waals surface area contributed by atoms with Crippen LogP contribution in [0.15, 0.2) is 48.5 Å². The topological polar surface area (TPSA) is 49.4 Å². The molecule has 2 aromatic rings. The van der Waals surface area contributed by atoms with Gasteiger partial charge in [-0.05, 0) is 41.8 Å². The van der Waals surface area contributed by atoms with Crippen molar-refractivity contribution in [1.29, 1.82) is 0 Å². The first-order valence-electron chi connectivity index (χ1n) is 9.02. The van der Waals surface area contributed by atoms with Crippen molar-refractivity contribution in [3.63, 3.8) is 0 Å². The number of benzene rings is 2. The van der Waals surface area contributed by atoms with Crippen molar-refractivity contribution >= 4 is 35.2 Å². The average Bonchev–Trinajstić information content (AvgIpc) is 2.69. The summed E-state index contributed by atoms with van der Waals surface area (Å²) in [7, 11) is 1.55. The number of thioether (sulfide) groups is 1. The van der Waals surface area contributed by atoms with Crippen molar-refractivity contribution in [3.8, 4) is 0 Å². The molecule has 2 aromatic carbocycles. The van der Waals surface area contributed by atoms with E-state index in [2.05, 4.69) is 5.32 Å². The minimum atomic E-state index is -0.575. The van der Waals surface area contributed by atoms with Crippen LogP contribution in [0.2, 0.25) is 5.02 Å². The lowest BCUT2D eigenvalue weighted by atomic mass is 10.1. The lowest BCUT2D eigenvalue weighted by Crippen LogP contribution is -2.48. The van der Waals surface area contributed by atoms with Crippen LogP contribution in [0.4, 0.5) is 4.39 Å². The smallest absolute Gasteiger partial charge is 0.242 e. The Morgan fingerprint density at radius 1 is 1.18 bits per heavy atom. The highest BCUT2D eigenvalue weighted by molar-refractivity contribution is 7.99. The maximum absolute atomic E-state index is 13.2. The van der Waals surface area contributed by atoms with Crippen LogP contribution in [-0.2, 0) is 21.9 Å². The highest BCUT2D eigenvalue weighted by Crippen LogP contribution is 2.19. The van der Waals surface area contributed by atoms with Gasteiger partial charge in [0.2, 0.25) is 11.8 Å². The molecule has 0 saturated heterocycles. The molecule has 0 radical (unpaired) electrons. The van der Waals surface area contributed by atoms with Gasteiger partial charge in [0, 0.05) is 24.4 Å². The average molecular weight is 423 g/mol. The van der Waals surface area contributed by atoms with E-state index in [1.165, 1.54) is 23.9 Å². The van der Waals surface area contributed by atoms with E-state index < -0.39 is 6.04 Å². The van der Waals surface area contributed by atoms with Crippen LogP contribution in [0.5, 0.6) is 0 Å². The van der Waals surface area contributed by atoms with E-state index in [1.54, 1.807) is 30.1 Å². The molecule has 2 rings (SSSR count). The fraction of sp³-hybridized carbons (Fsp3) is 0.333. The maximum atomic E-state index is 13.2. The molecule has 0 heterocycles. The lowest BCUT2D eigenvalue weighted by Gasteiger charge is -2.30. The van der Waals surface area contributed by atoms with Crippen molar-refractivity contribution in [2.45, 2.75) is 31.7 Å². The predicted octanol–water partition coefficient (Wildman–Crippen LogP) is 4.27. The predicted molar refractivity (Wildman–Crippen MR) is 113 cm³/mol. The minimum absolute atomic E-state index is 0.133. The van der Waals surface area contributed by atoms with Gasteiger partial charge in [-0.15, -0.1) is 11.8 Å². The largest absolute Gasteiger partial charge is 0.357 e. The molecule has 0 spiro atoms. The van der Waals surface area contributed by atoms with E-state index in [9.17, 15) is 14.0 Å². The first kappa shape index (κ1) is 22.2. The van der Waals surface area contributed by atoms with Gasteiger partial charge in [-0.3, -0.25) is 9.59 Å². The molecule has 0 aliphatic rings. The Hall–Kier alpha value is -2.05. The van der Waals surface area contributed by atoms with E-state index in [-0.39, 0.29) is 29.9 Å². The van der Waals surface area contributed by atoms with Crippen molar-refractivity contribution in [2.75, 3.05) is 12.8 Å². The Bertz CT molecular complexity index is 801. The highest BCUT2D eigenvalue weighted by atomic mass is 35.5. The van der Waals surface area contributed by atoms with Gasteiger partial charge in [0.1, 0.15) is 11.9 Å².